The molecule has 1 atom stereocenters. The standard InChI is InChI=1S/C21H21N7O/c1-14-11-15(6-7-23-14)17-4-5-18-20(25-17)28(16-3-2-10-27(18)13-16)21(29)26-19-12-22-8-9-24-19/h4-9,11-12,16H,2-3,10,13H2,1H3,(H,24,26,29)/t16-/m0/s1. The molecule has 8 nitrogen and oxygen atoms in total. The van der Waals surface area contributed by atoms with Crippen molar-refractivity contribution in [3.05, 3.63) is 54.7 Å². The van der Waals surface area contributed by atoms with E-state index in [2.05, 4.69) is 31.2 Å². The molecule has 1 N–H and O–H groups in total. The van der Waals surface area contributed by atoms with Crippen molar-refractivity contribution >= 4 is 23.4 Å². The monoisotopic (exact) mass is 387 g/mol. The summed E-state index contributed by atoms with van der Waals surface area (Å²) >= 11 is 0. The van der Waals surface area contributed by atoms with Crippen LogP contribution in [0.25, 0.3) is 11.3 Å². The van der Waals surface area contributed by atoms with Crippen LogP contribution in [0.4, 0.5) is 22.1 Å². The van der Waals surface area contributed by atoms with Gasteiger partial charge in [0, 0.05) is 42.9 Å². The van der Waals surface area contributed by atoms with E-state index in [1.165, 1.54) is 0 Å². The van der Waals surface area contributed by atoms with Crippen molar-refractivity contribution in [1.82, 2.24) is 19.9 Å². The second-order valence-corrected chi connectivity index (χ2v) is 7.36. The van der Waals surface area contributed by atoms with E-state index < -0.39 is 0 Å². The minimum Gasteiger partial charge on any atom is -0.366 e. The number of nitrogens with zero attached hydrogens (tertiary/aromatic N) is 6. The normalized spacial score (nSPS) is 17.6. The summed E-state index contributed by atoms with van der Waals surface area (Å²) in [6.07, 6.45) is 8.45. The zero-order valence-electron chi connectivity index (χ0n) is 16.1. The summed E-state index contributed by atoms with van der Waals surface area (Å²) in [5.74, 6) is 1.12. The molecule has 2 aliphatic heterocycles. The van der Waals surface area contributed by atoms with E-state index >= 15 is 0 Å². The Morgan fingerprint density at radius 3 is 2.93 bits per heavy atom. The number of anilines is 3. The van der Waals surface area contributed by atoms with E-state index in [0.29, 0.717) is 11.6 Å². The number of carbonyl (C=O) groups excluding carboxylic acids is 1. The number of rotatable bonds is 2. The Morgan fingerprint density at radius 2 is 2.10 bits per heavy atom. The maximum atomic E-state index is 13.2. The van der Waals surface area contributed by atoms with E-state index in [1.807, 2.05) is 25.1 Å². The summed E-state index contributed by atoms with van der Waals surface area (Å²) in [6.45, 7) is 3.76. The van der Waals surface area contributed by atoms with Crippen molar-refractivity contribution in [2.24, 2.45) is 0 Å². The van der Waals surface area contributed by atoms with Crippen molar-refractivity contribution in [3.63, 3.8) is 0 Å². The lowest BCUT2D eigenvalue weighted by Gasteiger charge is -2.45. The maximum absolute atomic E-state index is 13.2. The zero-order valence-corrected chi connectivity index (χ0v) is 16.1. The molecule has 5 rings (SSSR count). The second-order valence-electron chi connectivity index (χ2n) is 7.36. The van der Waals surface area contributed by atoms with Gasteiger partial charge in [-0.15, -0.1) is 0 Å². The highest BCUT2D eigenvalue weighted by atomic mass is 16.2. The third-order valence-electron chi connectivity index (χ3n) is 5.39. The third-order valence-corrected chi connectivity index (χ3v) is 5.39. The molecule has 2 bridgehead atoms. The number of nitrogens with one attached hydrogen (secondary N) is 1. The van der Waals surface area contributed by atoms with E-state index in [4.69, 9.17) is 4.98 Å². The largest absolute Gasteiger partial charge is 0.366 e. The average molecular weight is 387 g/mol. The second kappa shape index (κ2) is 7.12. The van der Waals surface area contributed by atoms with Gasteiger partial charge < -0.3 is 4.90 Å². The number of hydrogen-bond acceptors (Lipinski definition) is 6. The van der Waals surface area contributed by atoms with E-state index in [9.17, 15) is 4.79 Å². The number of amides is 2. The Kier molecular flexibility index (Phi) is 4.31. The molecule has 146 valence electrons. The zero-order chi connectivity index (χ0) is 19.8. The van der Waals surface area contributed by atoms with Crippen molar-refractivity contribution in [2.75, 3.05) is 28.2 Å². The number of hydrogen-bond donors (Lipinski definition) is 1. The minimum absolute atomic E-state index is 0.0786. The van der Waals surface area contributed by atoms with Crippen molar-refractivity contribution in [3.8, 4) is 11.3 Å². The minimum atomic E-state index is -0.228. The van der Waals surface area contributed by atoms with E-state index in [1.54, 1.807) is 29.7 Å². The van der Waals surface area contributed by atoms with Crippen LogP contribution in [0.2, 0.25) is 0 Å². The lowest BCUT2D eigenvalue weighted by atomic mass is 9.99. The topological polar surface area (TPSA) is 87.1 Å². The lowest BCUT2D eigenvalue weighted by molar-refractivity contribution is 0.252. The molecule has 0 aliphatic carbocycles. The Bertz CT molecular complexity index is 1060. The summed E-state index contributed by atoms with van der Waals surface area (Å²) in [6, 6.07) is 7.88. The molecule has 0 spiro atoms. The number of aromatic nitrogens is 4. The van der Waals surface area contributed by atoms with Crippen LogP contribution in [0.5, 0.6) is 0 Å². The number of pyridine rings is 2. The number of urea groups is 1. The molecule has 2 amide bonds. The first kappa shape index (κ1) is 17.5. The van der Waals surface area contributed by atoms with E-state index in [0.717, 1.165) is 48.6 Å². The molecular weight excluding hydrogens is 366 g/mol. The molecule has 0 radical (unpaired) electrons. The van der Waals surface area contributed by atoms with Crippen LogP contribution in [0.1, 0.15) is 18.5 Å². The molecule has 8 heteroatoms. The van der Waals surface area contributed by atoms with Crippen LogP contribution < -0.4 is 15.1 Å². The molecule has 29 heavy (non-hydrogen) atoms. The maximum Gasteiger partial charge on any atom is 0.329 e. The average Bonchev–Trinajstić information content (AvgIpc) is 2.74. The smallest absolute Gasteiger partial charge is 0.329 e. The fourth-order valence-electron chi connectivity index (χ4n) is 4.08. The van der Waals surface area contributed by atoms with Gasteiger partial charge in [-0.2, -0.15) is 0 Å². The quantitative estimate of drug-likeness (QED) is 0.726. The highest BCUT2D eigenvalue weighted by Gasteiger charge is 2.38. The number of aryl methyl sites for hydroxylation is 1. The van der Waals surface area contributed by atoms with Crippen molar-refractivity contribution in [2.45, 2.75) is 25.8 Å². The van der Waals surface area contributed by atoms with Gasteiger partial charge in [0.25, 0.3) is 0 Å². The first-order valence-corrected chi connectivity index (χ1v) is 9.74. The predicted octanol–water partition coefficient (Wildman–Crippen LogP) is 3.26. The van der Waals surface area contributed by atoms with Gasteiger partial charge in [0.15, 0.2) is 11.6 Å². The first-order valence-electron chi connectivity index (χ1n) is 9.74. The summed E-state index contributed by atoms with van der Waals surface area (Å²) in [5.41, 5.74) is 3.73. The van der Waals surface area contributed by atoms with Crippen molar-refractivity contribution < 1.29 is 4.79 Å². The SMILES string of the molecule is Cc1cc(-c2ccc3c(n2)N(C(=O)Nc2cnccn2)[C@H]2CCCN3C2)ccn1. The molecule has 2 aliphatic rings. The Morgan fingerprint density at radius 1 is 1.17 bits per heavy atom. The summed E-state index contributed by atoms with van der Waals surface area (Å²) in [5, 5.41) is 2.87. The fraction of sp³-hybridized carbons (Fsp3) is 0.286. The number of fused-ring (bicyclic) bond motifs is 4. The summed E-state index contributed by atoms with van der Waals surface area (Å²) in [4.78, 5) is 34.7. The third kappa shape index (κ3) is 3.26. The van der Waals surface area contributed by atoms with Crippen LogP contribution in [0, 0.1) is 6.92 Å². The van der Waals surface area contributed by atoms with E-state index in [-0.39, 0.29) is 12.1 Å². The lowest BCUT2D eigenvalue weighted by Crippen LogP contribution is -2.56. The molecule has 1 saturated heterocycles. The molecule has 0 aromatic carbocycles. The van der Waals surface area contributed by atoms with Gasteiger partial charge in [0.1, 0.15) is 0 Å². The van der Waals surface area contributed by atoms with Crippen molar-refractivity contribution in [1.29, 1.82) is 0 Å². The molecule has 3 aromatic heterocycles. The molecule has 3 aromatic rings. The van der Waals surface area contributed by atoms with Gasteiger partial charge in [-0.3, -0.25) is 20.2 Å². The van der Waals surface area contributed by atoms with Gasteiger partial charge >= 0.3 is 6.03 Å². The van der Waals surface area contributed by atoms with Crippen LogP contribution >= 0.6 is 0 Å². The molecule has 0 unspecified atom stereocenters. The Balaban J connectivity index is 1.56. The number of carbonyl (C=O) groups is 1. The van der Waals surface area contributed by atoms with Crippen LogP contribution in [-0.4, -0.2) is 45.1 Å². The summed E-state index contributed by atoms with van der Waals surface area (Å²) in [7, 11) is 0. The number of piperidine rings is 1. The van der Waals surface area contributed by atoms with Gasteiger partial charge in [-0.25, -0.2) is 14.8 Å². The highest BCUT2D eigenvalue weighted by Crippen LogP contribution is 2.39. The van der Waals surface area contributed by atoms with Gasteiger partial charge in [0.2, 0.25) is 0 Å². The molecule has 5 heterocycles. The molecule has 1 fully saturated rings. The van der Waals surface area contributed by atoms with Crippen LogP contribution in [0.3, 0.4) is 0 Å². The Labute approximate surface area is 168 Å². The van der Waals surface area contributed by atoms with Crippen LogP contribution in [0.15, 0.2) is 49.1 Å². The fourth-order valence-corrected chi connectivity index (χ4v) is 4.08. The van der Waals surface area contributed by atoms with Crippen LogP contribution in [-0.2, 0) is 0 Å². The van der Waals surface area contributed by atoms with Gasteiger partial charge in [0.05, 0.1) is 23.6 Å². The predicted molar refractivity (Wildman–Crippen MR) is 111 cm³/mol. The Hall–Kier alpha value is -3.55. The summed E-state index contributed by atoms with van der Waals surface area (Å²) < 4.78 is 0. The first-order chi connectivity index (χ1) is 14.2. The molecular formula is C21H21N7O. The van der Waals surface area contributed by atoms with Gasteiger partial charge in [-0.05, 0) is 44.0 Å². The highest BCUT2D eigenvalue weighted by molar-refractivity contribution is 6.04. The van der Waals surface area contributed by atoms with Gasteiger partial charge in [-0.1, -0.05) is 0 Å². The molecule has 0 saturated carbocycles.